The van der Waals surface area contributed by atoms with Crippen LogP contribution in [0.1, 0.15) is 5.56 Å². The molecule has 0 spiro atoms. The molecule has 1 rings (SSSR count). The monoisotopic (exact) mass is 259 g/mol. The Morgan fingerprint density at radius 1 is 1.57 bits per heavy atom. The Labute approximate surface area is 92.0 Å². The highest BCUT2D eigenvalue weighted by Gasteiger charge is 2.04. The van der Waals surface area contributed by atoms with Gasteiger partial charge in [0.05, 0.1) is 4.47 Å². The predicted molar refractivity (Wildman–Crippen MR) is 59.4 cm³/mol. The standard InChI is InChI=1S/C10H14BrNO2/c1-7-2-3-10(9(11)4-7)14-6-8(13)5-12/h2-4,8,13H,5-6,12H2,1H3/t8-/m1/s1. The number of hydrogen-bond donors (Lipinski definition) is 2. The Morgan fingerprint density at radius 2 is 2.29 bits per heavy atom. The zero-order valence-corrected chi connectivity index (χ0v) is 9.62. The van der Waals surface area contributed by atoms with Crippen LogP contribution in [-0.2, 0) is 0 Å². The molecule has 1 aromatic carbocycles. The Kier molecular flexibility index (Phi) is 4.38. The van der Waals surface area contributed by atoms with E-state index in [1.807, 2.05) is 25.1 Å². The third kappa shape index (κ3) is 3.29. The number of nitrogens with two attached hydrogens (primary N) is 1. The lowest BCUT2D eigenvalue weighted by Crippen LogP contribution is -2.26. The topological polar surface area (TPSA) is 55.5 Å². The van der Waals surface area contributed by atoms with E-state index >= 15 is 0 Å². The van der Waals surface area contributed by atoms with Gasteiger partial charge in [0.15, 0.2) is 0 Å². The highest BCUT2D eigenvalue weighted by molar-refractivity contribution is 9.10. The van der Waals surface area contributed by atoms with Crippen LogP contribution in [0.4, 0.5) is 0 Å². The third-order valence-corrected chi connectivity index (χ3v) is 2.41. The molecule has 3 nitrogen and oxygen atoms in total. The van der Waals surface area contributed by atoms with Crippen molar-refractivity contribution in [2.24, 2.45) is 5.73 Å². The lowest BCUT2D eigenvalue weighted by molar-refractivity contribution is 0.114. The van der Waals surface area contributed by atoms with Crippen LogP contribution in [0.15, 0.2) is 22.7 Å². The SMILES string of the molecule is Cc1ccc(OC[C@H](O)CN)c(Br)c1. The van der Waals surface area contributed by atoms with E-state index in [-0.39, 0.29) is 13.2 Å². The molecule has 0 radical (unpaired) electrons. The minimum absolute atomic E-state index is 0.212. The van der Waals surface area contributed by atoms with Crippen molar-refractivity contribution in [3.63, 3.8) is 0 Å². The maximum absolute atomic E-state index is 9.20. The molecular formula is C10H14BrNO2. The van der Waals surface area contributed by atoms with Crippen LogP contribution in [0, 0.1) is 6.92 Å². The molecule has 0 saturated carbocycles. The fourth-order valence-corrected chi connectivity index (χ4v) is 1.58. The number of aliphatic hydroxyl groups excluding tert-OH is 1. The summed E-state index contributed by atoms with van der Waals surface area (Å²) in [4.78, 5) is 0. The van der Waals surface area contributed by atoms with Crippen LogP contribution in [0.5, 0.6) is 5.75 Å². The van der Waals surface area contributed by atoms with Crippen molar-refractivity contribution in [1.29, 1.82) is 0 Å². The summed E-state index contributed by atoms with van der Waals surface area (Å²) in [6.07, 6.45) is -0.608. The predicted octanol–water partition coefficient (Wildman–Crippen LogP) is 1.46. The lowest BCUT2D eigenvalue weighted by Gasteiger charge is -2.11. The first-order valence-corrected chi connectivity index (χ1v) is 5.20. The summed E-state index contributed by atoms with van der Waals surface area (Å²) < 4.78 is 6.26. The van der Waals surface area contributed by atoms with Crippen LogP contribution < -0.4 is 10.5 Å². The molecule has 0 amide bonds. The minimum atomic E-state index is -0.608. The fourth-order valence-electron chi connectivity index (χ4n) is 0.977. The second-order valence-corrected chi connectivity index (χ2v) is 3.99. The zero-order valence-electron chi connectivity index (χ0n) is 8.03. The van der Waals surface area contributed by atoms with Gasteiger partial charge in [-0.1, -0.05) is 6.07 Å². The van der Waals surface area contributed by atoms with Gasteiger partial charge in [-0.15, -0.1) is 0 Å². The molecule has 1 atom stereocenters. The highest BCUT2D eigenvalue weighted by Crippen LogP contribution is 2.25. The van der Waals surface area contributed by atoms with E-state index in [4.69, 9.17) is 10.5 Å². The number of rotatable bonds is 4. The molecule has 0 aliphatic rings. The van der Waals surface area contributed by atoms with Crippen LogP contribution in [0.3, 0.4) is 0 Å². The summed E-state index contributed by atoms with van der Waals surface area (Å²) in [6, 6.07) is 5.78. The molecule has 0 fully saturated rings. The van der Waals surface area contributed by atoms with E-state index in [9.17, 15) is 5.11 Å². The molecular weight excluding hydrogens is 246 g/mol. The summed E-state index contributed by atoms with van der Waals surface area (Å²) in [5, 5.41) is 9.20. The van der Waals surface area contributed by atoms with Crippen molar-refractivity contribution in [2.75, 3.05) is 13.2 Å². The fraction of sp³-hybridized carbons (Fsp3) is 0.400. The van der Waals surface area contributed by atoms with Crippen molar-refractivity contribution in [1.82, 2.24) is 0 Å². The summed E-state index contributed by atoms with van der Waals surface area (Å²) in [5.41, 5.74) is 6.41. The molecule has 3 N–H and O–H groups in total. The van der Waals surface area contributed by atoms with E-state index in [1.165, 1.54) is 0 Å². The van der Waals surface area contributed by atoms with Gasteiger partial charge in [-0.2, -0.15) is 0 Å². The zero-order chi connectivity index (χ0) is 10.6. The minimum Gasteiger partial charge on any atom is -0.490 e. The number of aliphatic hydroxyl groups is 1. The van der Waals surface area contributed by atoms with Crippen molar-refractivity contribution in [3.05, 3.63) is 28.2 Å². The first kappa shape index (κ1) is 11.5. The molecule has 4 heteroatoms. The molecule has 0 unspecified atom stereocenters. The number of halogens is 1. The first-order chi connectivity index (χ1) is 6.63. The van der Waals surface area contributed by atoms with Gasteiger partial charge in [-0.05, 0) is 40.5 Å². The Hall–Kier alpha value is -0.580. The van der Waals surface area contributed by atoms with E-state index in [1.54, 1.807) is 0 Å². The van der Waals surface area contributed by atoms with Crippen LogP contribution >= 0.6 is 15.9 Å². The van der Waals surface area contributed by atoms with Gasteiger partial charge in [0.25, 0.3) is 0 Å². The van der Waals surface area contributed by atoms with E-state index in [0.29, 0.717) is 0 Å². The van der Waals surface area contributed by atoms with E-state index < -0.39 is 6.10 Å². The molecule has 0 saturated heterocycles. The third-order valence-electron chi connectivity index (χ3n) is 1.79. The second-order valence-electron chi connectivity index (χ2n) is 3.13. The maximum atomic E-state index is 9.20. The largest absolute Gasteiger partial charge is 0.490 e. The van der Waals surface area contributed by atoms with Gasteiger partial charge >= 0.3 is 0 Å². The average Bonchev–Trinajstić information content (AvgIpc) is 2.16. The molecule has 0 bridgehead atoms. The molecule has 1 aromatic rings. The van der Waals surface area contributed by atoms with Crippen molar-refractivity contribution in [2.45, 2.75) is 13.0 Å². The molecule has 78 valence electrons. The molecule has 0 aliphatic carbocycles. The quantitative estimate of drug-likeness (QED) is 0.861. The number of hydrogen-bond acceptors (Lipinski definition) is 3. The maximum Gasteiger partial charge on any atom is 0.133 e. The summed E-state index contributed by atoms with van der Waals surface area (Å²) in [6.45, 7) is 2.44. The molecule has 14 heavy (non-hydrogen) atoms. The van der Waals surface area contributed by atoms with Crippen LogP contribution in [-0.4, -0.2) is 24.4 Å². The first-order valence-electron chi connectivity index (χ1n) is 4.40. The smallest absolute Gasteiger partial charge is 0.133 e. The molecule has 0 heterocycles. The highest BCUT2D eigenvalue weighted by atomic mass is 79.9. The number of aryl methyl sites for hydroxylation is 1. The van der Waals surface area contributed by atoms with Gasteiger partial charge in [0, 0.05) is 6.54 Å². The van der Waals surface area contributed by atoms with Crippen molar-refractivity contribution < 1.29 is 9.84 Å². The van der Waals surface area contributed by atoms with E-state index in [2.05, 4.69) is 15.9 Å². The lowest BCUT2D eigenvalue weighted by atomic mass is 10.2. The molecule has 0 aliphatic heterocycles. The normalized spacial score (nSPS) is 12.6. The van der Waals surface area contributed by atoms with Crippen LogP contribution in [0.2, 0.25) is 0 Å². The second kappa shape index (κ2) is 5.34. The van der Waals surface area contributed by atoms with Gasteiger partial charge in [-0.3, -0.25) is 0 Å². The number of benzene rings is 1. The Morgan fingerprint density at radius 3 is 2.86 bits per heavy atom. The summed E-state index contributed by atoms with van der Waals surface area (Å²) in [7, 11) is 0. The van der Waals surface area contributed by atoms with Crippen molar-refractivity contribution in [3.8, 4) is 5.75 Å². The number of ether oxygens (including phenoxy) is 1. The Balaban J connectivity index is 2.59. The van der Waals surface area contributed by atoms with Gasteiger partial charge in [0.2, 0.25) is 0 Å². The summed E-state index contributed by atoms with van der Waals surface area (Å²) in [5.74, 6) is 0.725. The Bertz CT molecular complexity index is 304. The van der Waals surface area contributed by atoms with Gasteiger partial charge in [-0.25, -0.2) is 0 Å². The summed E-state index contributed by atoms with van der Waals surface area (Å²) >= 11 is 3.38. The molecule has 0 aromatic heterocycles. The van der Waals surface area contributed by atoms with Gasteiger partial charge in [0.1, 0.15) is 18.5 Å². The van der Waals surface area contributed by atoms with Gasteiger partial charge < -0.3 is 15.6 Å². The average molecular weight is 260 g/mol. The van der Waals surface area contributed by atoms with Crippen molar-refractivity contribution >= 4 is 15.9 Å². The van der Waals surface area contributed by atoms with Crippen LogP contribution in [0.25, 0.3) is 0 Å². The van der Waals surface area contributed by atoms with E-state index in [0.717, 1.165) is 15.8 Å².